The molecule has 1 aliphatic rings. The normalized spacial score (nSPS) is 25.5. The largest absolute Gasteiger partial charge is 0.463 e. The molecule has 30 heavy (non-hydrogen) atoms. The monoisotopic (exact) mass is 425 g/mol. The number of aromatic nitrogens is 1. The summed E-state index contributed by atoms with van der Waals surface area (Å²) in [5, 5.41) is 0. The van der Waals surface area contributed by atoms with Gasteiger partial charge in [0.25, 0.3) is 0 Å². The van der Waals surface area contributed by atoms with Crippen LogP contribution in [0, 0.1) is 0 Å². The van der Waals surface area contributed by atoms with E-state index in [0.717, 1.165) is 20.8 Å². The van der Waals surface area contributed by atoms with Crippen LogP contribution in [0.25, 0.3) is 0 Å². The molecule has 0 bridgehead atoms. The molecule has 11 heteroatoms. The maximum absolute atomic E-state index is 11.7. The number of carbonyl (C=O) groups excluding carboxylic acids is 4. The van der Waals surface area contributed by atoms with Crippen molar-refractivity contribution in [2.75, 3.05) is 6.61 Å². The van der Waals surface area contributed by atoms with E-state index >= 15 is 0 Å². The van der Waals surface area contributed by atoms with Gasteiger partial charge >= 0.3 is 23.9 Å². The van der Waals surface area contributed by atoms with Gasteiger partial charge in [-0.1, -0.05) is 6.07 Å². The highest BCUT2D eigenvalue weighted by Crippen LogP contribution is 2.30. The first-order chi connectivity index (χ1) is 14.2. The maximum atomic E-state index is 11.7. The van der Waals surface area contributed by atoms with Gasteiger partial charge in [-0.15, -0.1) is 0 Å². The average Bonchev–Trinajstić information content (AvgIpc) is 2.64. The minimum Gasteiger partial charge on any atom is -0.463 e. The lowest BCUT2D eigenvalue weighted by atomic mass is 9.98. The van der Waals surface area contributed by atoms with Gasteiger partial charge in [-0.05, 0) is 6.07 Å². The van der Waals surface area contributed by atoms with Crippen molar-refractivity contribution in [1.82, 2.24) is 4.98 Å². The number of rotatable bonds is 7. The van der Waals surface area contributed by atoms with Crippen LogP contribution in [-0.4, -0.2) is 66.2 Å². The third-order valence-corrected chi connectivity index (χ3v) is 3.82. The number of nitrogens with zero attached hydrogens (tertiary/aromatic N) is 1. The summed E-state index contributed by atoms with van der Waals surface area (Å²) in [6, 6.07) is 4.86. The molecule has 1 fully saturated rings. The van der Waals surface area contributed by atoms with Crippen LogP contribution in [0.3, 0.4) is 0 Å². The Kier molecular flexibility index (Phi) is 8.10. The number of esters is 4. The molecule has 2 rings (SSSR count). The minimum atomic E-state index is -1.31. The molecular formula is C19H23NO10. The number of ether oxygens (including phenoxy) is 6. The standard InChI is InChI=1S/C19H23NO10/c1-10(21)25-9-14-16(26-11(2)22)17(27-12(3)23)18(28-13(4)24)19(29-14)30-15-7-5-6-8-20-15/h5-8,14,16-19H,9H2,1-4H3. The summed E-state index contributed by atoms with van der Waals surface area (Å²) in [4.78, 5) is 50.4. The van der Waals surface area contributed by atoms with Crippen molar-refractivity contribution in [3.8, 4) is 5.88 Å². The molecule has 0 N–H and O–H groups in total. The van der Waals surface area contributed by atoms with Crippen LogP contribution in [0.4, 0.5) is 0 Å². The zero-order valence-electron chi connectivity index (χ0n) is 16.9. The maximum Gasteiger partial charge on any atom is 0.303 e. The van der Waals surface area contributed by atoms with Crippen molar-refractivity contribution >= 4 is 23.9 Å². The van der Waals surface area contributed by atoms with Crippen molar-refractivity contribution in [1.29, 1.82) is 0 Å². The predicted octanol–water partition coefficient (Wildman–Crippen LogP) is 0.543. The molecule has 0 aromatic carbocycles. The zero-order valence-corrected chi connectivity index (χ0v) is 16.9. The van der Waals surface area contributed by atoms with Gasteiger partial charge in [0.05, 0.1) is 0 Å². The lowest BCUT2D eigenvalue weighted by Gasteiger charge is -2.43. The molecular weight excluding hydrogens is 402 g/mol. The van der Waals surface area contributed by atoms with Gasteiger partial charge in [-0.2, -0.15) is 0 Å². The summed E-state index contributed by atoms with van der Waals surface area (Å²) < 4.78 is 32.3. The predicted molar refractivity (Wildman–Crippen MR) is 96.8 cm³/mol. The first kappa shape index (κ1) is 23.1. The molecule has 0 spiro atoms. The van der Waals surface area contributed by atoms with Crippen molar-refractivity contribution < 1.29 is 47.6 Å². The Bertz CT molecular complexity index is 768. The van der Waals surface area contributed by atoms with Crippen molar-refractivity contribution in [3.63, 3.8) is 0 Å². The van der Waals surface area contributed by atoms with Crippen LogP contribution in [0.5, 0.6) is 5.88 Å². The van der Waals surface area contributed by atoms with Gasteiger partial charge in [0.1, 0.15) is 12.7 Å². The highest BCUT2D eigenvalue weighted by molar-refractivity contribution is 5.68. The second kappa shape index (κ2) is 10.5. The Morgan fingerprint density at radius 3 is 2.00 bits per heavy atom. The molecule has 11 nitrogen and oxygen atoms in total. The van der Waals surface area contributed by atoms with Crippen molar-refractivity contribution in [2.45, 2.75) is 58.4 Å². The highest BCUT2D eigenvalue weighted by Gasteiger charge is 2.53. The lowest BCUT2D eigenvalue weighted by molar-refractivity contribution is -0.289. The van der Waals surface area contributed by atoms with Crippen LogP contribution in [0.2, 0.25) is 0 Å². The SMILES string of the molecule is CC(=O)OCC1OC(Oc2ccccn2)C(OC(C)=O)C(OC(C)=O)C1OC(C)=O. The summed E-state index contributed by atoms with van der Waals surface area (Å²) >= 11 is 0. The molecule has 5 unspecified atom stereocenters. The average molecular weight is 425 g/mol. The summed E-state index contributed by atoms with van der Waals surface area (Å²) in [6.45, 7) is 4.29. The molecule has 2 heterocycles. The van der Waals surface area contributed by atoms with E-state index in [4.69, 9.17) is 28.4 Å². The molecule has 0 saturated carbocycles. The summed E-state index contributed by atoms with van der Waals surface area (Å²) in [5.41, 5.74) is 0. The van der Waals surface area contributed by atoms with Gasteiger partial charge < -0.3 is 28.4 Å². The summed E-state index contributed by atoms with van der Waals surface area (Å²) in [5.74, 6) is -2.61. The van der Waals surface area contributed by atoms with Crippen LogP contribution >= 0.6 is 0 Å². The second-order valence-electron chi connectivity index (χ2n) is 6.35. The quantitative estimate of drug-likeness (QED) is 0.447. The Balaban J connectivity index is 2.42. The van der Waals surface area contributed by atoms with Gasteiger partial charge in [0.2, 0.25) is 18.3 Å². The fourth-order valence-corrected chi connectivity index (χ4v) is 2.82. The van der Waals surface area contributed by atoms with Gasteiger partial charge in [-0.3, -0.25) is 19.2 Å². The van der Waals surface area contributed by atoms with Crippen molar-refractivity contribution in [3.05, 3.63) is 24.4 Å². The fraction of sp³-hybridized carbons (Fsp3) is 0.526. The van der Waals surface area contributed by atoms with E-state index < -0.39 is 54.6 Å². The van der Waals surface area contributed by atoms with E-state index in [1.54, 1.807) is 12.1 Å². The fourth-order valence-electron chi connectivity index (χ4n) is 2.82. The Morgan fingerprint density at radius 2 is 1.47 bits per heavy atom. The van der Waals surface area contributed by atoms with Crippen molar-refractivity contribution in [2.24, 2.45) is 0 Å². The summed E-state index contributed by atoms with van der Waals surface area (Å²) in [6.07, 6.45) is -4.74. The van der Waals surface area contributed by atoms with Gasteiger partial charge in [0, 0.05) is 40.0 Å². The zero-order chi connectivity index (χ0) is 22.3. The van der Waals surface area contributed by atoms with E-state index in [1.807, 2.05) is 0 Å². The molecule has 1 aromatic heterocycles. The van der Waals surface area contributed by atoms with Crippen LogP contribution in [-0.2, 0) is 42.9 Å². The highest BCUT2D eigenvalue weighted by atomic mass is 16.7. The van der Waals surface area contributed by atoms with E-state index in [-0.39, 0.29) is 12.5 Å². The second-order valence-corrected chi connectivity index (χ2v) is 6.35. The third-order valence-electron chi connectivity index (χ3n) is 3.82. The number of hydrogen-bond acceptors (Lipinski definition) is 11. The smallest absolute Gasteiger partial charge is 0.303 e. The molecule has 0 radical (unpaired) electrons. The Hall–Kier alpha value is -3.21. The molecule has 1 aliphatic heterocycles. The minimum absolute atomic E-state index is 0.137. The van der Waals surface area contributed by atoms with E-state index in [9.17, 15) is 19.2 Å². The Labute approximate surface area is 172 Å². The molecule has 0 aliphatic carbocycles. The number of carbonyl (C=O) groups is 4. The topological polar surface area (TPSA) is 137 Å². The van der Waals surface area contributed by atoms with Crippen LogP contribution < -0.4 is 4.74 Å². The first-order valence-corrected chi connectivity index (χ1v) is 9.05. The molecule has 5 atom stereocenters. The number of pyridine rings is 1. The van der Waals surface area contributed by atoms with Crippen LogP contribution in [0.1, 0.15) is 27.7 Å². The van der Waals surface area contributed by atoms with E-state index in [0.29, 0.717) is 0 Å². The van der Waals surface area contributed by atoms with E-state index in [2.05, 4.69) is 4.98 Å². The third kappa shape index (κ3) is 6.69. The molecule has 1 saturated heterocycles. The van der Waals surface area contributed by atoms with Gasteiger partial charge in [0.15, 0.2) is 12.2 Å². The number of hydrogen-bond donors (Lipinski definition) is 0. The molecule has 164 valence electrons. The molecule has 0 amide bonds. The van der Waals surface area contributed by atoms with Gasteiger partial charge in [-0.25, -0.2) is 4.98 Å². The first-order valence-electron chi connectivity index (χ1n) is 9.05. The lowest BCUT2D eigenvalue weighted by Crippen LogP contribution is -2.63. The van der Waals surface area contributed by atoms with Crippen LogP contribution in [0.15, 0.2) is 24.4 Å². The van der Waals surface area contributed by atoms with E-state index in [1.165, 1.54) is 19.2 Å². The Morgan fingerprint density at radius 1 is 0.867 bits per heavy atom. The summed E-state index contributed by atoms with van der Waals surface area (Å²) in [7, 11) is 0. The molecule has 1 aromatic rings.